The molecule has 0 saturated heterocycles. The van der Waals surface area contributed by atoms with Crippen molar-refractivity contribution < 1.29 is 14.3 Å². The lowest BCUT2D eigenvalue weighted by Crippen LogP contribution is -2.11. The van der Waals surface area contributed by atoms with Crippen LogP contribution in [0.1, 0.15) is 206 Å². The Labute approximate surface area is 244 Å². The monoisotopic (exact) mass is 549 g/mol. The highest BCUT2D eigenvalue weighted by Crippen LogP contribution is 2.15. The molecule has 0 aliphatic rings. The Hall–Kier alpha value is -1.12. The first-order valence-corrected chi connectivity index (χ1v) is 17.6. The Morgan fingerprint density at radius 2 is 0.641 bits per heavy atom. The van der Waals surface area contributed by atoms with Gasteiger partial charge in [-0.1, -0.05) is 167 Å². The summed E-state index contributed by atoms with van der Waals surface area (Å²) in [5, 5.41) is 0. The molecule has 0 N–H and O–H groups in total. The quantitative estimate of drug-likeness (QED) is 0.0374. The number of carbonyl (C=O) groups excluding carboxylic acids is 2. The van der Waals surface area contributed by atoms with Gasteiger partial charge in [0.2, 0.25) is 0 Å². The van der Waals surface area contributed by atoms with E-state index >= 15 is 0 Å². The van der Waals surface area contributed by atoms with E-state index in [0.29, 0.717) is 12.8 Å². The first kappa shape index (κ1) is 37.9. The van der Waals surface area contributed by atoms with Gasteiger partial charge in [-0.3, -0.25) is 9.59 Å². The summed E-state index contributed by atoms with van der Waals surface area (Å²) >= 11 is 0. The standard InChI is InChI=1S/C36H68O3/c1-3-5-7-9-11-13-15-17-18-19-20-22-24-26-28-30-32-34-36(38)39-35(37)33-31-29-27-25-23-21-16-14-12-10-8-6-4-2/h14,16H,3-13,15,17-34H2,1-2H3/b16-14-. The van der Waals surface area contributed by atoms with E-state index in [2.05, 4.69) is 26.0 Å². The Bertz CT molecular complexity index is 539. The molecule has 0 aromatic carbocycles. The zero-order valence-electron chi connectivity index (χ0n) is 26.6. The Morgan fingerprint density at radius 1 is 0.385 bits per heavy atom. The van der Waals surface area contributed by atoms with Crippen LogP contribution in [0.15, 0.2) is 12.2 Å². The van der Waals surface area contributed by atoms with Crippen molar-refractivity contribution in [3.8, 4) is 0 Å². The lowest BCUT2D eigenvalue weighted by molar-refractivity contribution is -0.159. The molecule has 0 fully saturated rings. The molecule has 0 aromatic heterocycles. The first-order chi connectivity index (χ1) is 19.2. The van der Waals surface area contributed by atoms with Crippen LogP contribution in [-0.2, 0) is 14.3 Å². The van der Waals surface area contributed by atoms with Gasteiger partial charge >= 0.3 is 11.9 Å². The molecule has 0 spiro atoms. The van der Waals surface area contributed by atoms with E-state index in [4.69, 9.17) is 4.74 Å². The molecule has 0 radical (unpaired) electrons. The maximum atomic E-state index is 11.9. The maximum absolute atomic E-state index is 11.9. The van der Waals surface area contributed by atoms with E-state index in [-0.39, 0.29) is 11.9 Å². The highest BCUT2D eigenvalue weighted by Gasteiger charge is 2.09. The van der Waals surface area contributed by atoms with E-state index in [1.165, 1.54) is 148 Å². The fraction of sp³-hybridized carbons (Fsp3) is 0.889. The average molecular weight is 549 g/mol. The minimum Gasteiger partial charge on any atom is -0.393 e. The zero-order chi connectivity index (χ0) is 28.5. The number of unbranched alkanes of at least 4 members (excludes halogenated alkanes) is 25. The van der Waals surface area contributed by atoms with E-state index in [1.54, 1.807) is 0 Å². The van der Waals surface area contributed by atoms with Crippen molar-refractivity contribution in [1.29, 1.82) is 0 Å². The van der Waals surface area contributed by atoms with Crippen molar-refractivity contribution in [1.82, 2.24) is 0 Å². The third-order valence-corrected chi connectivity index (χ3v) is 7.85. The summed E-state index contributed by atoms with van der Waals surface area (Å²) in [4.78, 5) is 23.8. The Morgan fingerprint density at radius 3 is 0.974 bits per heavy atom. The smallest absolute Gasteiger partial charge is 0.313 e. The SMILES string of the molecule is CCCCCC/C=C\CCCCCCCC(=O)OC(=O)CCCCCCCCCCCCCCCCCCC. The molecule has 0 saturated carbocycles. The van der Waals surface area contributed by atoms with Crippen LogP contribution in [0.2, 0.25) is 0 Å². The van der Waals surface area contributed by atoms with Gasteiger partial charge in [0.1, 0.15) is 0 Å². The predicted octanol–water partition coefficient (Wildman–Crippen LogP) is 12.4. The van der Waals surface area contributed by atoms with Gasteiger partial charge in [0, 0.05) is 12.8 Å². The number of esters is 2. The Kier molecular flexibility index (Phi) is 32.1. The molecule has 0 bridgehead atoms. The molecule has 0 aliphatic heterocycles. The zero-order valence-corrected chi connectivity index (χ0v) is 26.6. The molecule has 230 valence electrons. The van der Waals surface area contributed by atoms with Gasteiger partial charge < -0.3 is 4.74 Å². The molecule has 0 amide bonds. The van der Waals surface area contributed by atoms with Crippen LogP contribution in [0.4, 0.5) is 0 Å². The molecule has 0 aromatic rings. The third-order valence-electron chi connectivity index (χ3n) is 7.85. The van der Waals surface area contributed by atoms with Gasteiger partial charge in [-0.15, -0.1) is 0 Å². The molecule has 3 heteroatoms. The van der Waals surface area contributed by atoms with E-state index in [9.17, 15) is 9.59 Å². The van der Waals surface area contributed by atoms with Gasteiger partial charge in [-0.05, 0) is 38.5 Å². The lowest BCUT2D eigenvalue weighted by atomic mass is 10.0. The topological polar surface area (TPSA) is 43.4 Å². The van der Waals surface area contributed by atoms with Gasteiger partial charge in [-0.25, -0.2) is 0 Å². The van der Waals surface area contributed by atoms with Crippen molar-refractivity contribution >= 4 is 11.9 Å². The highest BCUT2D eigenvalue weighted by atomic mass is 16.6. The second-order valence-electron chi connectivity index (χ2n) is 11.9. The molecule has 0 atom stereocenters. The predicted molar refractivity (Wildman–Crippen MR) is 170 cm³/mol. The largest absolute Gasteiger partial charge is 0.393 e. The van der Waals surface area contributed by atoms with Crippen LogP contribution in [-0.4, -0.2) is 11.9 Å². The molecule has 0 rings (SSSR count). The highest BCUT2D eigenvalue weighted by molar-refractivity contribution is 5.85. The van der Waals surface area contributed by atoms with Crippen LogP contribution in [0.25, 0.3) is 0 Å². The minimum atomic E-state index is -0.335. The summed E-state index contributed by atoms with van der Waals surface area (Å²) in [5.41, 5.74) is 0. The summed E-state index contributed by atoms with van der Waals surface area (Å²) in [5.74, 6) is -0.666. The third kappa shape index (κ3) is 33.0. The number of hydrogen-bond donors (Lipinski definition) is 0. The number of rotatable bonds is 31. The van der Waals surface area contributed by atoms with Crippen molar-refractivity contribution in [3.05, 3.63) is 12.2 Å². The number of hydrogen-bond acceptors (Lipinski definition) is 3. The second kappa shape index (κ2) is 33.1. The van der Waals surface area contributed by atoms with Crippen LogP contribution in [0.3, 0.4) is 0 Å². The van der Waals surface area contributed by atoms with Crippen molar-refractivity contribution in [2.24, 2.45) is 0 Å². The maximum Gasteiger partial charge on any atom is 0.313 e. The van der Waals surface area contributed by atoms with Gasteiger partial charge in [0.05, 0.1) is 0 Å². The summed E-state index contributed by atoms with van der Waals surface area (Å²) < 4.78 is 5.00. The van der Waals surface area contributed by atoms with E-state index in [0.717, 1.165) is 32.1 Å². The number of carbonyl (C=O) groups is 2. The molecular weight excluding hydrogens is 480 g/mol. The van der Waals surface area contributed by atoms with Gasteiger partial charge in [-0.2, -0.15) is 0 Å². The molecule has 0 unspecified atom stereocenters. The Balaban J connectivity index is 3.31. The fourth-order valence-electron chi connectivity index (χ4n) is 5.21. The molecule has 3 nitrogen and oxygen atoms in total. The first-order valence-electron chi connectivity index (χ1n) is 17.6. The van der Waals surface area contributed by atoms with Crippen molar-refractivity contribution in [2.45, 2.75) is 206 Å². The summed E-state index contributed by atoms with van der Waals surface area (Å²) in [6.07, 6.45) is 41.2. The van der Waals surface area contributed by atoms with Crippen molar-refractivity contribution in [3.63, 3.8) is 0 Å². The number of ether oxygens (including phenoxy) is 1. The molecule has 0 aliphatic carbocycles. The van der Waals surface area contributed by atoms with Gasteiger partial charge in [0.15, 0.2) is 0 Å². The summed E-state index contributed by atoms with van der Waals surface area (Å²) in [6, 6.07) is 0. The van der Waals surface area contributed by atoms with Gasteiger partial charge in [0.25, 0.3) is 0 Å². The summed E-state index contributed by atoms with van der Waals surface area (Å²) in [7, 11) is 0. The average Bonchev–Trinajstić information content (AvgIpc) is 2.93. The normalized spacial score (nSPS) is 11.4. The molecule has 0 heterocycles. The van der Waals surface area contributed by atoms with Crippen LogP contribution < -0.4 is 0 Å². The van der Waals surface area contributed by atoms with E-state index in [1.807, 2.05) is 0 Å². The van der Waals surface area contributed by atoms with Crippen LogP contribution in [0, 0.1) is 0 Å². The van der Waals surface area contributed by atoms with Crippen LogP contribution >= 0.6 is 0 Å². The second-order valence-corrected chi connectivity index (χ2v) is 11.9. The minimum absolute atomic E-state index is 0.331. The lowest BCUT2D eigenvalue weighted by Gasteiger charge is -2.05. The fourth-order valence-corrected chi connectivity index (χ4v) is 5.21. The molecular formula is C36H68O3. The van der Waals surface area contributed by atoms with E-state index < -0.39 is 0 Å². The van der Waals surface area contributed by atoms with Crippen LogP contribution in [0.5, 0.6) is 0 Å². The summed E-state index contributed by atoms with van der Waals surface area (Å²) in [6.45, 7) is 4.53. The number of allylic oxidation sites excluding steroid dienone is 2. The van der Waals surface area contributed by atoms with Crippen molar-refractivity contribution in [2.75, 3.05) is 0 Å². The molecule has 39 heavy (non-hydrogen) atoms.